The van der Waals surface area contributed by atoms with E-state index in [0.717, 1.165) is 28.4 Å². The molecular weight excluding hydrogens is 506 g/mol. The van der Waals surface area contributed by atoms with Crippen molar-refractivity contribution in [3.05, 3.63) is 106 Å². The molecule has 1 unspecified atom stereocenters. The summed E-state index contributed by atoms with van der Waals surface area (Å²) in [6.45, 7) is 3.01. The predicted octanol–water partition coefficient (Wildman–Crippen LogP) is 6.29. The fourth-order valence-electron chi connectivity index (χ4n) is 4.22. The average molecular weight is 534 g/mol. The standard InChI is InChI=1S/C29H28BrNO4/c1-2-3-18-35-24-11-7-10-22(19-24)27(32)25-26(21-12-14-23(30)15-13-21)31(29(34)28(25)33)17-16-20-8-5-4-6-9-20/h4-15,19,26,32H,2-3,16-18H2,1H3/b27-25+. The second kappa shape index (κ2) is 11.4. The van der Waals surface area contributed by atoms with E-state index in [1.807, 2.05) is 60.7 Å². The van der Waals surface area contributed by atoms with Crippen LogP contribution < -0.4 is 4.74 Å². The molecule has 0 radical (unpaired) electrons. The number of amides is 1. The van der Waals surface area contributed by atoms with Crippen molar-refractivity contribution in [3.63, 3.8) is 0 Å². The summed E-state index contributed by atoms with van der Waals surface area (Å²) in [5.41, 5.74) is 2.37. The Balaban J connectivity index is 1.73. The minimum Gasteiger partial charge on any atom is -0.507 e. The lowest BCUT2D eigenvalue weighted by Gasteiger charge is -2.25. The summed E-state index contributed by atoms with van der Waals surface area (Å²) in [7, 11) is 0. The number of hydrogen-bond donors (Lipinski definition) is 1. The van der Waals surface area contributed by atoms with Gasteiger partial charge in [0.2, 0.25) is 0 Å². The number of aliphatic hydroxyl groups excluding tert-OH is 1. The number of Topliss-reactive ketones (excluding diaryl/α,β-unsaturated/α-hetero) is 1. The number of ether oxygens (including phenoxy) is 1. The number of nitrogens with zero attached hydrogens (tertiary/aromatic N) is 1. The molecular formula is C29H28BrNO4. The molecule has 1 N–H and O–H groups in total. The molecule has 180 valence electrons. The number of benzene rings is 3. The van der Waals surface area contributed by atoms with Crippen molar-refractivity contribution in [2.24, 2.45) is 0 Å². The van der Waals surface area contributed by atoms with E-state index in [1.54, 1.807) is 23.1 Å². The Bertz CT molecular complexity index is 1220. The first-order valence-electron chi connectivity index (χ1n) is 11.8. The van der Waals surface area contributed by atoms with E-state index in [2.05, 4.69) is 22.9 Å². The van der Waals surface area contributed by atoms with Gasteiger partial charge in [0.15, 0.2) is 0 Å². The lowest BCUT2D eigenvalue weighted by Crippen LogP contribution is -2.31. The van der Waals surface area contributed by atoms with Crippen molar-refractivity contribution in [2.45, 2.75) is 32.2 Å². The van der Waals surface area contributed by atoms with Gasteiger partial charge in [0.25, 0.3) is 11.7 Å². The molecule has 1 atom stereocenters. The molecule has 1 heterocycles. The van der Waals surface area contributed by atoms with Gasteiger partial charge in [0.05, 0.1) is 18.2 Å². The number of halogens is 1. The highest BCUT2D eigenvalue weighted by Crippen LogP contribution is 2.40. The van der Waals surface area contributed by atoms with Crippen LogP contribution in [0.25, 0.3) is 5.76 Å². The third-order valence-electron chi connectivity index (χ3n) is 6.08. The van der Waals surface area contributed by atoms with Crippen LogP contribution in [0.3, 0.4) is 0 Å². The van der Waals surface area contributed by atoms with Crippen LogP contribution in [0.5, 0.6) is 5.75 Å². The van der Waals surface area contributed by atoms with Crippen LogP contribution in [0, 0.1) is 0 Å². The Morgan fingerprint density at radius 3 is 2.46 bits per heavy atom. The van der Waals surface area contributed by atoms with Gasteiger partial charge in [-0.1, -0.05) is 83.9 Å². The highest BCUT2D eigenvalue weighted by atomic mass is 79.9. The molecule has 1 saturated heterocycles. The van der Waals surface area contributed by atoms with Crippen molar-refractivity contribution >= 4 is 33.4 Å². The quantitative estimate of drug-likeness (QED) is 0.152. The van der Waals surface area contributed by atoms with Crippen LogP contribution in [0.2, 0.25) is 0 Å². The zero-order chi connectivity index (χ0) is 24.8. The van der Waals surface area contributed by atoms with Crippen molar-refractivity contribution in [2.75, 3.05) is 13.2 Å². The molecule has 1 fully saturated rings. The van der Waals surface area contributed by atoms with E-state index in [4.69, 9.17) is 4.74 Å². The van der Waals surface area contributed by atoms with Crippen molar-refractivity contribution in [1.82, 2.24) is 4.90 Å². The van der Waals surface area contributed by atoms with E-state index < -0.39 is 17.7 Å². The summed E-state index contributed by atoms with van der Waals surface area (Å²) < 4.78 is 6.67. The Morgan fingerprint density at radius 2 is 1.74 bits per heavy atom. The first-order chi connectivity index (χ1) is 17.0. The Morgan fingerprint density at radius 1 is 1.00 bits per heavy atom. The van der Waals surface area contributed by atoms with Crippen LogP contribution in [0.4, 0.5) is 0 Å². The lowest BCUT2D eigenvalue weighted by atomic mass is 9.95. The van der Waals surface area contributed by atoms with Crippen molar-refractivity contribution in [1.29, 1.82) is 0 Å². The van der Waals surface area contributed by atoms with Gasteiger partial charge in [0.1, 0.15) is 11.5 Å². The highest BCUT2D eigenvalue weighted by Gasteiger charge is 2.45. The first-order valence-corrected chi connectivity index (χ1v) is 12.6. The average Bonchev–Trinajstić information content (AvgIpc) is 3.13. The van der Waals surface area contributed by atoms with E-state index in [1.165, 1.54) is 0 Å². The van der Waals surface area contributed by atoms with E-state index >= 15 is 0 Å². The summed E-state index contributed by atoms with van der Waals surface area (Å²) in [6, 6.07) is 23.6. The minimum absolute atomic E-state index is 0.0936. The molecule has 3 aromatic carbocycles. The maximum Gasteiger partial charge on any atom is 0.295 e. The molecule has 5 nitrogen and oxygen atoms in total. The monoisotopic (exact) mass is 533 g/mol. The number of carbonyl (C=O) groups excluding carboxylic acids is 2. The molecule has 1 aliphatic heterocycles. The molecule has 0 spiro atoms. The van der Waals surface area contributed by atoms with Crippen LogP contribution in [-0.2, 0) is 16.0 Å². The third-order valence-corrected chi connectivity index (χ3v) is 6.61. The summed E-state index contributed by atoms with van der Waals surface area (Å²) in [5.74, 6) is -0.869. The summed E-state index contributed by atoms with van der Waals surface area (Å²) in [5, 5.41) is 11.3. The largest absolute Gasteiger partial charge is 0.507 e. The fourth-order valence-corrected chi connectivity index (χ4v) is 4.48. The SMILES string of the molecule is CCCCOc1cccc(/C(O)=C2\C(=O)C(=O)N(CCc3ccccc3)C2c2ccc(Br)cc2)c1. The van der Waals surface area contributed by atoms with E-state index in [-0.39, 0.29) is 11.3 Å². The Labute approximate surface area is 214 Å². The van der Waals surface area contributed by atoms with Gasteiger partial charge in [-0.05, 0) is 48.2 Å². The number of unbranched alkanes of at least 4 members (excludes halogenated alkanes) is 1. The number of carbonyl (C=O) groups is 2. The maximum absolute atomic E-state index is 13.2. The fraction of sp³-hybridized carbons (Fsp3) is 0.241. The van der Waals surface area contributed by atoms with Crippen LogP contribution in [-0.4, -0.2) is 34.8 Å². The van der Waals surface area contributed by atoms with Crippen LogP contribution >= 0.6 is 15.9 Å². The van der Waals surface area contributed by atoms with Gasteiger partial charge < -0.3 is 14.7 Å². The highest BCUT2D eigenvalue weighted by molar-refractivity contribution is 9.10. The van der Waals surface area contributed by atoms with Gasteiger partial charge in [0, 0.05) is 16.6 Å². The normalized spacial score (nSPS) is 17.1. The summed E-state index contributed by atoms with van der Waals surface area (Å²) in [4.78, 5) is 28.0. The molecule has 1 aliphatic rings. The maximum atomic E-state index is 13.2. The van der Waals surface area contributed by atoms with Crippen molar-refractivity contribution < 1.29 is 19.4 Å². The Hall–Kier alpha value is -3.38. The zero-order valence-electron chi connectivity index (χ0n) is 19.6. The van der Waals surface area contributed by atoms with Gasteiger partial charge in [-0.25, -0.2) is 0 Å². The first kappa shape index (κ1) is 24.7. The molecule has 6 heteroatoms. The van der Waals surface area contributed by atoms with Crippen LogP contribution in [0.15, 0.2) is 88.9 Å². The zero-order valence-corrected chi connectivity index (χ0v) is 21.2. The topological polar surface area (TPSA) is 66.8 Å². The number of aliphatic hydroxyl groups is 1. The number of rotatable bonds is 9. The third kappa shape index (κ3) is 5.65. The smallest absolute Gasteiger partial charge is 0.295 e. The number of ketones is 1. The second-order valence-electron chi connectivity index (χ2n) is 8.51. The van der Waals surface area contributed by atoms with Crippen molar-refractivity contribution in [3.8, 4) is 5.75 Å². The Kier molecular flexibility index (Phi) is 8.03. The van der Waals surface area contributed by atoms with Gasteiger partial charge >= 0.3 is 0 Å². The number of hydrogen-bond acceptors (Lipinski definition) is 4. The molecule has 1 amide bonds. The molecule has 0 saturated carbocycles. The molecule has 3 aromatic rings. The molecule has 0 aliphatic carbocycles. The van der Waals surface area contributed by atoms with Gasteiger partial charge in [-0.2, -0.15) is 0 Å². The summed E-state index contributed by atoms with van der Waals surface area (Å²) in [6.07, 6.45) is 2.53. The van der Waals surface area contributed by atoms with Crippen LogP contribution in [0.1, 0.15) is 42.5 Å². The lowest BCUT2D eigenvalue weighted by molar-refractivity contribution is -0.139. The summed E-state index contributed by atoms with van der Waals surface area (Å²) >= 11 is 3.45. The number of likely N-dealkylation sites (tertiary alicyclic amines) is 1. The van der Waals surface area contributed by atoms with Gasteiger partial charge in [-0.15, -0.1) is 0 Å². The molecule has 4 rings (SSSR count). The van der Waals surface area contributed by atoms with E-state index in [0.29, 0.717) is 30.9 Å². The second-order valence-corrected chi connectivity index (χ2v) is 9.43. The van der Waals surface area contributed by atoms with E-state index in [9.17, 15) is 14.7 Å². The predicted molar refractivity (Wildman–Crippen MR) is 140 cm³/mol. The molecule has 35 heavy (non-hydrogen) atoms. The molecule has 0 aromatic heterocycles. The molecule has 0 bridgehead atoms. The minimum atomic E-state index is -0.684. The van der Waals surface area contributed by atoms with Gasteiger partial charge in [-0.3, -0.25) is 9.59 Å².